The topological polar surface area (TPSA) is 113 Å². The highest BCUT2D eigenvalue weighted by atomic mass is 19.1. The van der Waals surface area contributed by atoms with Crippen LogP contribution in [-0.2, 0) is 4.74 Å². The molecule has 3 aromatic rings. The number of anilines is 1. The van der Waals surface area contributed by atoms with Crippen molar-refractivity contribution in [2.45, 2.75) is 18.9 Å². The maximum absolute atomic E-state index is 15.1. The number of rotatable bonds is 6. The highest BCUT2D eigenvalue weighted by molar-refractivity contribution is 6.00. The summed E-state index contributed by atoms with van der Waals surface area (Å²) in [5.41, 5.74) is 2.85. The number of aromatic nitrogens is 1. The molecule has 2 aliphatic rings. The van der Waals surface area contributed by atoms with Gasteiger partial charge >= 0.3 is 5.97 Å². The highest BCUT2D eigenvalue weighted by Gasteiger charge is 2.28. The summed E-state index contributed by atoms with van der Waals surface area (Å²) < 4.78 is 22.3. The molecule has 0 bridgehead atoms. The Hall–Kier alpha value is -4.05. The molecule has 2 fully saturated rings. The molecule has 1 aliphatic heterocycles. The zero-order valence-electron chi connectivity index (χ0n) is 18.7. The standard InChI is InChI=1S/C25H23FN4O5/c26-20-11-18-21(12-22(20)29-7-9-35-10-8-29)30(16-5-6-16)14-19(23(18)31)24(32)28-27-13-15-3-1-2-4-17(15)25(33)34/h1-4,11-14,16H,5-10H2,(H,28,32)(H,33,34)/b27-13-. The van der Waals surface area contributed by atoms with Crippen LogP contribution in [0.4, 0.5) is 10.1 Å². The van der Waals surface area contributed by atoms with Crippen molar-refractivity contribution in [1.29, 1.82) is 0 Å². The molecule has 2 aromatic carbocycles. The molecule has 2 N–H and O–H groups in total. The van der Waals surface area contributed by atoms with Crippen molar-refractivity contribution < 1.29 is 23.8 Å². The van der Waals surface area contributed by atoms with E-state index in [1.165, 1.54) is 24.5 Å². The Balaban J connectivity index is 1.49. The van der Waals surface area contributed by atoms with E-state index < -0.39 is 23.1 Å². The third kappa shape index (κ3) is 4.52. The monoisotopic (exact) mass is 478 g/mol. The molecule has 1 saturated carbocycles. The first-order valence-electron chi connectivity index (χ1n) is 11.3. The van der Waals surface area contributed by atoms with Crippen LogP contribution in [0.1, 0.15) is 45.2 Å². The first-order valence-corrected chi connectivity index (χ1v) is 11.3. The highest BCUT2D eigenvalue weighted by Crippen LogP contribution is 2.38. The number of carbonyl (C=O) groups excluding carboxylic acids is 1. The molecule has 1 saturated heterocycles. The van der Waals surface area contributed by atoms with E-state index in [2.05, 4.69) is 10.5 Å². The van der Waals surface area contributed by atoms with Crippen LogP contribution in [-0.4, -0.2) is 54.1 Å². The van der Waals surface area contributed by atoms with Crippen LogP contribution < -0.4 is 15.8 Å². The van der Waals surface area contributed by atoms with E-state index >= 15 is 4.39 Å². The Morgan fingerprint density at radius 1 is 1.14 bits per heavy atom. The third-order valence-corrected chi connectivity index (χ3v) is 6.20. The molecule has 0 radical (unpaired) electrons. The van der Waals surface area contributed by atoms with E-state index in [-0.39, 0.29) is 22.6 Å². The number of carbonyl (C=O) groups is 2. The van der Waals surface area contributed by atoms with E-state index in [1.54, 1.807) is 24.3 Å². The lowest BCUT2D eigenvalue weighted by Gasteiger charge is -2.29. The molecular formula is C25H23FN4O5. The number of hydrogen-bond donors (Lipinski definition) is 2. The van der Waals surface area contributed by atoms with Crippen molar-refractivity contribution in [3.8, 4) is 0 Å². The van der Waals surface area contributed by atoms with Crippen LogP contribution in [0.15, 0.2) is 52.5 Å². The van der Waals surface area contributed by atoms with Crippen molar-refractivity contribution in [3.63, 3.8) is 0 Å². The summed E-state index contributed by atoms with van der Waals surface area (Å²) in [5.74, 6) is -2.41. The fourth-order valence-electron chi connectivity index (χ4n) is 4.25. The summed E-state index contributed by atoms with van der Waals surface area (Å²) >= 11 is 0. The predicted molar refractivity (Wildman–Crippen MR) is 128 cm³/mol. The van der Waals surface area contributed by atoms with Gasteiger partial charge in [0, 0.05) is 36.3 Å². The molecule has 180 valence electrons. The molecule has 2 heterocycles. The number of hydrazone groups is 1. The number of pyridine rings is 1. The molecule has 0 spiro atoms. The molecule has 1 aliphatic carbocycles. The number of fused-ring (bicyclic) bond motifs is 1. The molecule has 5 rings (SSSR count). The summed E-state index contributed by atoms with van der Waals surface area (Å²) in [6.07, 6.45) is 4.50. The van der Waals surface area contributed by atoms with E-state index in [9.17, 15) is 19.5 Å². The Bertz CT molecular complexity index is 1410. The van der Waals surface area contributed by atoms with Gasteiger partial charge in [0.25, 0.3) is 5.91 Å². The summed E-state index contributed by atoms with van der Waals surface area (Å²) in [5, 5.41) is 13.2. The Labute approximate surface area is 199 Å². The molecule has 35 heavy (non-hydrogen) atoms. The van der Waals surface area contributed by atoms with E-state index in [0.29, 0.717) is 43.1 Å². The van der Waals surface area contributed by atoms with Gasteiger partial charge in [-0.2, -0.15) is 5.10 Å². The van der Waals surface area contributed by atoms with Gasteiger partial charge in [-0.1, -0.05) is 18.2 Å². The molecule has 0 atom stereocenters. The molecule has 1 amide bonds. The number of carboxylic acid groups (broad SMARTS) is 1. The van der Waals surface area contributed by atoms with E-state index in [1.807, 2.05) is 9.47 Å². The van der Waals surface area contributed by atoms with Crippen LogP contribution in [0.3, 0.4) is 0 Å². The molecule has 1 aromatic heterocycles. The van der Waals surface area contributed by atoms with Gasteiger partial charge in [-0.3, -0.25) is 9.59 Å². The van der Waals surface area contributed by atoms with Crippen molar-refractivity contribution in [3.05, 3.63) is 75.3 Å². The fourth-order valence-corrected chi connectivity index (χ4v) is 4.25. The summed E-state index contributed by atoms with van der Waals surface area (Å²) in [4.78, 5) is 39.2. The maximum Gasteiger partial charge on any atom is 0.336 e. The average Bonchev–Trinajstić information content (AvgIpc) is 3.70. The Morgan fingerprint density at radius 3 is 2.60 bits per heavy atom. The first kappa shape index (κ1) is 22.7. The number of nitrogens with zero attached hydrogens (tertiary/aromatic N) is 3. The summed E-state index contributed by atoms with van der Waals surface area (Å²) in [6.45, 7) is 2.12. The second kappa shape index (κ2) is 9.30. The van der Waals surface area contributed by atoms with E-state index in [0.717, 1.165) is 12.8 Å². The fraction of sp³-hybridized carbons (Fsp3) is 0.280. The number of halogens is 1. The van der Waals surface area contributed by atoms with Crippen molar-refractivity contribution >= 4 is 34.7 Å². The number of carboxylic acids is 1. The van der Waals surface area contributed by atoms with Crippen molar-refractivity contribution in [2.75, 3.05) is 31.2 Å². The second-order valence-electron chi connectivity index (χ2n) is 8.52. The van der Waals surface area contributed by atoms with Crippen molar-refractivity contribution in [1.82, 2.24) is 9.99 Å². The number of morpholine rings is 1. The molecule has 9 nitrogen and oxygen atoms in total. The zero-order valence-corrected chi connectivity index (χ0v) is 18.7. The maximum atomic E-state index is 15.1. The van der Waals surface area contributed by atoms with Gasteiger partial charge in [0.2, 0.25) is 5.43 Å². The van der Waals surface area contributed by atoms with Crippen LogP contribution >= 0.6 is 0 Å². The SMILES string of the molecule is O=C(O)c1ccccc1/C=N\NC(=O)c1cn(C2CC2)c2cc(N3CCOCC3)c(F)cc2c1=O. The minimum Gasteiger partial charge on any atom is -0.478 e. The largest absolute Gasteiger partial charge is 0.478 e. The Kier molecular flexibility index (Phi) is 6.04. The van der Waals surface area contributed by atoms with Crippen LogP contribution in [0, 0.1) is 5.82 Å². The van der Waals surface area contributed by atoms with Crippen LogP contribution in [0.5, 0.6) is 0 Å². The number of hydrogen-bond acceptors (Lipinski definition) is 6. The van der Waals surface area contributed by atoms with Gasteiger partial charge < -0.3 is 19.3 Å². The number of ether oxygens (including phenoxy) is 1. The first-order chi connectivity index (χ1) is 16.9. The lowest BCUT2D eigenvalue weighted by atomic mass is 10.1. The average molecular weight is 478 g/mol. The van der Waals surface area contributed by atoms with Crippen molar-refractivity contribution in [2.24, 2.45) is 5.10 Å². The molecular weight excluding hydrogens is 455 g/mol. The summed E-state index contributed by atoms with van der Waals surface area (Å²) in [6, 6.07) is 9.19. The van der Waals surface area contributed by atoms with Gasteiger partial charge in [-0.05, 0) is 31.0 Å². The quantitative estimate of drug-likeness (QED) is 0.416. The van der Waals surface area contributed by atoms with Gasteiger partial charge in [0.15, 0.2) is 0 Å². The predicted octanol–water partition coefficient (Wildman–Crippen LogP) is 2.77. The number of benzene rings is 2. The number of nitrogens with one attached hydrogen (secondary N) is 1. The van der Waals surface area contributed by atoms with Gasteiger partial charge in [0.1, 0.15) is 11.4 Å². The molecule has 10 heteroatoms. The molecule has 0 unspecified atom stereocenters. The second-order valence-corrected chi connectivity index (χ2v) is 8.52. The number of amides is 1. The van der Waals surface area contributed by atoms with Crippen LogP contribution in [0.2, 0.25) is 0 Å². The normalized spacial score (nSPS) is 16.1. The van der Waals surface area contributed by atoms with Crippen LogP contribution in [0.25, 0.3) is 10.9 Å². The van der Waals surface area contributed by atoms with Gasteiger partial charge in [-0.15, -0.1) is 0 Å². The van der Waals surface area contributed by atoms with E-state index in [4.69, 9.17) is 4.74 Å². The minimum atomic E-state index is -1.13. The zero-order chi connectivity index (χ0) is 24.5. The summed E-state index contributed by atoms with van der Waals surface area (Å²) in [7, 11) is 0. The smallest absolute Gasteiger partial charge is 0.336 e. The van der Waals surface area contributed by atoms with Gasteiger partial charge in [-0.25, -0.2) is 14.6 Å². The third-order valence-electron chi connectivity index (χ3n) is 6.20. The lowest BCUT2D eigenvalue weighted by Crippen LogP contribution is -2.37. The number of aromatic carboxylic acids is 1. The van der Waals surface area contributed by atoms with Gasteiger partial charge in [0.05, 0.1) is 36.2 Å². The minimum absolute atomic E-state index is 0.0267. The Morgan fingerprint density at radius 2 is 1.89 bits per heavy atom. The lowest BCUT2D eigenvalue weighted by molar-refractivity contribution is 0.0696.